The van der Waals surface area contributed by atoms with E-state index in [9.17, 15) is 15.0 Å². The molecule has 0 aromatic carbocycles. The van der Waals surface area contributed by atoms with Crippen molar-refractivity contribution in [2.75, 3.05) is 6.61 Å². The van der Waals surface area contributed by atoms with Gasteiger partial charge in [-0.3, -0.25) is 4.79 Å². The van der Waals surface area contributed by atoms with Crippen LogP contribution < -0.4 is 0 Å². The molecule has 25 heavy (non-hydrogen) atoms. The molecule has 0 aromatic rings. The zero-order valence-corrected chi connectivity index (χ0v) is 15.8. The number of rotatable bonds is 2. The van der Waals surface area contributed by atoms with Crippen LogP contribution in [0.2, 0.25) is 0 Å². The van der Waals surface area contributed by atoms with Gasteiger partial charge in [-0.2, -0.15) is 0 Å². The minimum absolute atomic E-state index is 0.00452. The van der Waals surface area contributed by atoms with Crippen LogP contribution in [-0.2, 0) is 4.79 Å². The Kier molecular flexibility index (Phi) is 4.20. The molecule has 4 fully saturated rings. The van der Waals surface area contributed by atoms with E-state index in [4.69, 9.17) is 0 Å². The van der Waals surface area contributed by atoms with Crippen molar-refractivity contribution in [1.29, 1.82) is 0 Å². The fourth-order valence-corrected chi connectivity index (χ4v) is 7.83. The van der Waals surface area contributed by atoms with Gasteiger partial charge in [0.25, 0.3) is 0 Å². The Balaban J connectivity index is 1.66. The van der Waals surface area contributed by atoms with E-state index in [1.165, 1.54) is 12.8 Å². The predicted molar refractivity (Wildman–Crippen MR) is 97.8 cm³/mol. The summed E-state index contributed by atoms with van der Waals surface area (Å²) < 4.78 is 0. The Labute approximate surface area is 151 Å². The Morgan fingerprint density at radius 3 is 2.64 bits per heavy atom. The highest BCUT2D eigenvalue weighted by Gasteiger charge is 2.63. The number of hydrogen-bond donors (Lipinski definition) is 2. The summed E-state index contributed by atoms with van der Waals surface area (Å²) in [5.41, 5.74) is 1.01. The molecular weight excluding hydrogens is 312 g/mol. The standard InChI is InChI=1S/C22H34O3/c1-13(12-23)17-6-7-18-16-5-4-14-10-15(24)8-9-21(14,2)20(16)19(25)11-22(17,18)3/h14-18,20,23-24H,1,4-12H2,2-3H3/t14-,15+,16?,17+,18?,20?,21-,22+/m0/s1. The van der Waals surface area contributed by atoms with Gasteiger partial charge in [-0.15, -0.1) is 0 Å². The normalized spacial score (nSPS) is 52.2. The maximum absolute atomic E-state index is 13.4. The van der Waals surface area contributed by atoms with E-state index >= 15 is 0 Å². The SMILES string of the molecule is C=C(CO)[C@H]1CCC2C3CC[C@H]4C[C@H](O)CC[C@]4(C)C3C(=O)C[C@@]21C. The van der Waals surface area contributed by atoms with Crippen LogP contribution in [0.5, 0.6) is 0 Å². The summed E-state index contributed by atoms with van der Waals surface area (Å²) in [6, 6.07) is 0. The second-order valence-electron chi connectivity index (χ2n) is 10.1. The summed E-state index contributed by atoms with van der Waals surface area (Å²) in [4.78, 5) is 13.4. The molecular formula is C22H34O3. The number of aliphatic hydroxyl groups excluding tert-OH is 2. The van der Waals surface area contributed by atoms with Crippen LogP contribution in [-0.4, -0.2) is 28.7 Å². The Morgan fingerprint density at radius 2 is 1.92 bits per heavy atom. The molecule has 4 aliphatic rings. The molecule has 0 heterocycles. The lowest BCUT2D eigenvalue weighted by atomic mass is 9.44. The summed E-state index contributed by atoms with van der Waals surface area (Å²) in [7, 11) is 0. The first kappa shape index (κ1) is 17.7. The molecule has 0 spiro atoms. The molecule has 4 rings (SSSR count). The predicted octanol–water partition coefficient (Wildman–Crippen LogP) is 3.73. The van der Waals surface area contributed by atoms with E-state index in [-0.39, 0.29) is 29.5 Å². The van der Waals surface area contributed by atoms with Crippen LogP contribution in [0.25, 0.3) is 0 Å². The molecule has 8 atom stereocenters. The minimum Gasteiger partial charge on any atom is -0.393 e. The summed E-state index contributed by atoms with van der Waals surface area (Å²) in [5.74, 6) is 2.55. The lowest BCUT2D eigenvalue weighted by molar-refractivity contribution is -0.160. The van der Waals surface area contributed by atoms with Gasteiger partial charge in [0.2, 0.25) is 0 Å². The highest BCUT2D eigenvalue weighted by molar-refractivity contribution is 5.84. The Morgan fingerprint density at radius 1 is 1.16 bits per heavy atom. The molecule has 4 saturated carbocycles. The summed E-state index contributed by atoms with van der Waals surface area (Å²) >= 11 is 0. The van der Waals surface area contributed by atoms with Gasteiger partial charge in [-0.1, -0.05) is 20.4 Å². The molecule has 0 aliphatic heterocycles. The largest absolute Gasteiger partial charge is 0.393 e. The maximum Gasteiger partial charge on any atom is 0.137 e. The topological polar surface area (TPSA) is 57.5 Å². The van der Waals surface area contributed by atoms with Crippen molar-refractivity contribution in [3.8, 4) is 0 Å². The van der Waals surface area contributed by atoms with E-state index in [0.29, 0.717) is 35.9 Å². The molecule has 3 heteroatoms. The van der Waals surface area contributed by atoms with E-state index in [1.807, 2.05) is 0 Å². The van der Waals surface area contributed by atoms with Crippen molar-refractivity contribution in [1.82, 2.24) is 0 Å². The van der Waals surface area contributed by atoms with Gasteiger partial charge >= 0.3 is 0 Å². The molecule has 0 amide bonds. The number of fused-ring (bicyclic) bond motifs is 5. The molecule has 3 unspecified atom stereocenters. The molecule has 0 radical (unpaired) electrons. The smallest absolute Gasteiger partial charge is 0.137 e. The van der Waals surface area contributed by atoms with E-state index in [2.05, 4.69) is 20.4 Å². The highest BCUT2D eigenvalue weighted by atomic mass is 16.3. The van der Waals surface area contributed by atoms with Crippen molar-refractivity contribution in [3.63, 3.8) is 0 Å². The fraction of sp³-hybridized carbons (Fsp3) is 0.864. The van der Waals surface area contributed by atoms with Gasteiger partial charge in [0.15, 0.2) is 0 Å². The first-order valence-corrected chi connectivity index (χ1v) is 10.3. The third kappa shape index (κ3) is 2.41. The Bertz CT molecular complexity index is 584. The molecule has 3 nitrogen and oxygen atoms in total. The number of Topliss-reactive ketones (excluding diaryl/α,β-unsaturated/α-hetero) is 1. The van der Waals surface area contributed by atoms with Crippen molar-refractivity contribution in [2.24, 2.45) is 40.4 Å². The van der Waals surface area contributed by atoms with Gasteiger partial charge in [-0.25, -0.2) is 0 Å². The Hall–Kier alpha value is -0.670. The van der Waals surface area contributed by atoms with Crippen molar-refractivity contribution in [2.45, 2.75) is 71.3 Å². The van der Waals surface area contributed by atoms with Crippen LogP contribution in [0.1, 0.15) is 65.2 Å². The van der Waals surface area contributed by atoms with Gasteiger partial charge in [-0.05, 0) is 85.0 Å². The van der Waals surface area contributed by atoms with E-state index in [0.717, 1.165) is 37.7 Å². The van der Waals surface area contributed by atoms with Crippen LogP contribution in [0.15, 0.2) is 12.2 Å². The molecule has 4 aliphatic carbocycles. The van der Waals surface area contributed by atoms with Crippen LogP contribution in [0.4, 0.5) is 0 Å². The highest BCUT2D eigenvalue weighted by Crippen LogP contribution is 2.67. The molecule has 0 saturated heterocycles. The number of carbonyl (C=O) groups is 1. The van der Waals surface area contributed by atoms with Gasteiger partial charge in [0.05, 0.1) is 12.7 Å². The number of hydrogen-bond acceptors (Lipinski definition) is 3. The third-order valence-electron chi connectivity index (χ3n) is 9.02. The second-order valence-corrected chi connectivity index (χ2v) is 10.1. The lowest BCUT2D eigenvalue weighted by Gasteiger charge is -2.60. The second kappa shape index (κ2) is 5.92. The molecule has 2 N–H and O–H groups in total. The zero-order valence-electron chi connectivity index (χ0n) is 15.8. The quantitative estimate of drug-likeness (QED) is 0.749. The summed E-state index contributed by atoms with van der Waals surface area (Å²) in [6.45, 7) is 8.81. The number of aliphatic hydroxyl groups is 2. The van der Waals surface area contributed by atoms with Crippen molar-refractivity contribution >= 4 is 5.78 Å². The van der Waals surface area contributed by atoms with Crippen LogP contribution in [0.3, 0.4) is 0 Å². The van der Waals surface area contributed by atoms with E-state index < -0.39 is 0 Å². The number of ketones is 1. The van der Waals surface area contributed by atoms with Crippen LogP contribution >= 0.6 is 0 Å². The average Bonchev–Trinajstić information content (AvgIpc) is 2.91. The van der Waals surface area contributed by atoms with Gasteiger partial charge in [0, 0.05) is 12.3 Å². The monoisotopic (exact) mass is 346 g/mol. The van der Waals surface area contributed by atoms with Crippen molar-refractivity contribution < 1.29 is 15.0 Å². The molecule has 0 aromatic heterocycles. The fourth-order valence-electron chi connectivity index (χ4n) is 7.83. The van der Waals surface area contributed by atoms with Gasteiger partial charge in [0.1, 0.15) is 5.78 Å². The number of carbonyl (C=O) groups excluding carboxylic acids is 1. The van der Waals surface area contributed by atoms with Crippen molar-refractivity contribution in [3.05, 3.63) is 12.2 Å². The van der Waals surface area contributed by atoms with Crippen LogP contribution in [0, 0.1) is 40.4 Å². The zero-order chi connectivity index (χ0) is 18.0. The first-order chi connectivity index (χ1) is 11.8. The minimum atomic E-state index is -0.165. The first-order valence-electron chi connectivity index (χ1n) is 10.3. The molecule has 140 valence electrons. The van der Waals surface area contributed by atoms with E-state index in [1.54, 1.807) is 0 Å². The third-order valence-corrected chi connectivity index (χ3v) is 9.02. The summed E-state index contributed by atoms with van der Waals surface area (Å²) in [5, 5.41) is 19.7. The van der Waals surface area contributed by atoms with Gasteiger partial charge < -0.3 is 10.2 Å². The maximum atomic E-state index is 13.4. The lowest BCUT2D eigenvalue weighted by Crippen LogP contribution is -2.57. The average molecular weight is 347 g/mol. The molecule has 0 bridgehead atoms. The summed E-state index contributed by atoms with van der Waals surface area (Å²) in [6.07, 6.45) is 7.81.